The minimum atomic E-state index is 0.928. The lowest BCUT2D eigenvalue weighted by atomic mass is 10.1. The SMILES string of the molecule is C#CCCCCC[CH]CC#CCCCCC. The van der Waals surface area contributed by atoms with Crippen LogP contribution in [0.1, 0.15) is 71.1 Å². The molecule has 0 amide bonds. The van der Waals surface area contributed by atoms with E-state index >= 15 is 0 Å². The number of hydrogen-bond acceptors (Lipinski definition) is 0. The molecule has 0 aliphatic rings. The van der Waals surface area contributed by atoms with Crippen molar-refractivity contribution in [3.63, 3.8) is 0 Å². The van der Waals surface area contributed by atoms with Crippen molar-refractivity contribution in [2.75, 3.05) is 0 Å². The molecule has 0 nitrogen and oxygen atoms in total. The summed E-state index contributed by atoms with van der Waals surface area (Å²) in [6.45, 7) is 2.22. The van der Waals surface area contributed by atoms with Gasteiger partial charge in [-0.25, -0.2) is 0 Å². The molecule has 0 unspecified atom stereocenters. The Labute approximate surface area is 102 Å². The molecule has 0 rings (SSSR count). The first kappa shape index (κ1) is 15.1. The summed E-state index contributed by atoms with van der Waals surface area (Å²) in [5.74, 6) is 9.10. The van der Waals surface area contributed by atoms with Crippen molar-refractivity contribution in [2.24, 2.45) is 0 Å². The van der Waals surface area contributed by atoms with E-state index < -0.39 is 0 Å². The van der Waals surface area contributed by atoms with Gasteiger partial charge in [0.1, 0.15) is 0 Å². The molecule has 0 aromatic heterocycles. The zero-order valence-electron chi connectivity index (χ0n) is 10.7. The first-order chi connectivity index (χ1) is 7.91. The van der Waals surface area contributed by atoms with E-state index in [9.17, 15) is 0 Å². The third kappa shape index (κ3) is 13.1. The van der Waals surface area contributed by atoms with Gasteiger partial charge in [-0.1, -0.05) is 32.6 Å². The van der Waals surface area contributed by atoms with E-state index in [0.29, 0.717) is 0 Å². The Morgan fingerprint density at radius 3 is 2.50 bits per heavy atom. The molecule has 0 heterocycles. The second kappa shape index (κ2) is 14.1. The lowest BCUT2D eigenvalue weighted by Gasteiger charge is -1.96. The van der Waals surface area contributed by atoms with Gasteiger partial charge < -0.3 is 0 Å². The largest absolute Gasteiger partial charge is 0.120 e. The fourth-order valence-corrected chi connectivity index (χ4v) is 1.49. The molecule has 0 aromatic carbocycles. The molecule has 0 atom stereocenters. The van der Waals surface area contributed by atoms with Crippen LogP contribution in [0.15, 0.2) is 0 Å². The highest BCUT2D eigenvalue weighted by atomic mass is 13.9. The zero-order valence-corrected chi connectivity index (χ0v) is 10.7. The van der Waals surface area contributed by atoms with E-state index in [1.165, 1.54) is 44.9 Å². The third-order valence-corrected chi connectivity index (χ3v) is 2.51. The summed E-state index contributed by atoms with van der Waals surface area (Å²) < 4.78 is 0. The predicted molar refractivity (Wildman–Crippen MR) is 72.8 cm³/mol. The minimum absolute atomic E-state index is 0.928. The summed E-state index contributed by atoms with van der Waals surface area (Å²) >= 11 is 0. The lowest BCUT2D eigenvalue weighted by Crippen LogP contribution is -1.79. The Balaban J connectivity index is 3.05. The van der Waals surface area contributed by atoms with Gasteiger partial charge >= 0.3 is 0 Å². The molecule has 0 fully saturated rings. The van der Waals surface area contributed by atoms with E-state index in [1.807, 2.05) is 0 Å². The van der Waals surface area contributed by atoms with Gasteiger partial charge in [0.25, 0.3) is 0 Å². The number of unbranched alkanes of at least 4 members (excludes halogenated alkanes) is 9. The average molecular weight is 217 g/mol. The molecule has 0 N–H and O–H groups in total. The van der Waals surface area contributed by atoms with Crippen LogP contribution in [-0.2, 0) is 0 Å². The van der Waals surface area contributed by atoms with Crippen molar-refractivity contribution in [3.05, 3.63) is 6.42 Å². The monoisotopic (exact) mass is 217 g/mol. The molecule has 1 radical (unpaired) electrons. The number of rotatable bonds is 9. The highest BCUT2D eigenvalue weighted by Crippen LogP contribution is 2.05. The molecule has 0 aromatic rings. The molecule has 16 heavy (non-hydrogen) atoms. The second-order valence-electron chi connectivity index (χ2n) is 4.11. The summed E-state index contributed by atoms with van der Waals surface area (Å²) in [6, 6.07) is 0. The van der Waals surface area contributed by atoms with Gasteiger partial charge in [-0.3, -0.25) is 0 Å². The quantitative estimate of drug-likeness (QED) is 0.386. The average Bonchev–Trinajstić information content (AvgIpc) is 2.31. The molecule has 0 spiro atoms. The number of terminal acetylenes is 1. The highest BCUT2D eigenvalue weighted by Gasteiger charge is 1.88. The van der Waals surface area contributed by atoms with Gasteiger partial charge in [0.05, 0.1) is 0 Å². The fourth-order valence-electron chi connectivity index (χ4n) is 1.49. The van der Waals surface area contributed by atoms with E-state index in [-0.39, 0.29) is 0 Å². The fraction of sp³-hybridized carbons (Fsp3) is 0.688. The van der Waals surface area contributed by atoms with Crippen LogP contribution in [0.2, 0.25) is 0 Å². The predicted octanol–water partition coefficient (Wildman–Crippen LogP) is 4.75. The first-order valence-corrected chi connectivity index (χ1v) is 6.62. The Bertz CT molecular complexity index is 221. The summed E-state index contributed by atoms with van der Waals surface area (Å²) in [4.78, 5) is 0. The minimum Gasteiger partial charge on any atom is -0.120 e. The van der Waals surface area contributed by atoms with Crippen LogP contribution in [0.25, 0.3) is 0 Å². The van der Waals surface area contributed by atoms with Crippen LogP contribution in [-0.4, -0.2) is 0 Å². The van der Waals surface area contributed by atoms with Crippen LogP contribution >= 0.6 is 0 Å². The Morgan fingerprint density at radius 2 is 1.75 bits per heavy atom. The van der Waals surface area contributed by atoms with E-state index in [0.717, 1.165) is 19.3 Å². The van der Waals surface area contributed by atoms with Gasteiger partial charge in [0, 0.05) is 19.3 Å². The molecule has 0 saturated heterocycles. The Morgan fingerprint density at radius 1 is 0.938 bits per heavy atom. The molecule has 0 heteroatoms. The van der Waals surface area contributed by atoms with E-state index in [2.05, 4.69) is 31.1 Å². The zero-order chi connectivity index (χ0) is 11.9. The number of hydrogen-bond donors (Lipinski definition) is 0. The first-order valence-electron chi connectivity index (χ1n) is 6.62. The summed E-state index contributed by atoms with van der Waals surface area (Å²) in [5, 5.41) is 0. The van der Waals surface area contributed by atoms with Crippen LogP contribution in [0, 0.1) is 30.6 Å². The molecule has 0 aliphatic carbocycles. The standard InChI is InChI=1S/C16H25/c1-3-5-7-9-11-13-15-16-14-12-10-8-6-4-2/h1,15H,4-11,13,16H2,2H3. The normalized spacial score (nSPS) is 9.25. The molecule has 0 bridgehead atoms. The molecule has 0 aliphatic heterocycles. The topological polar surface area (TPSA) is 0 Å². The van der Waals surface area contributed by atoms with Crippen molar-refractivity contribution < 1.29 is 0 Å². The smallest absolute Gasteiger partial charge is 0.0120 e. The molecular formula is C16H25. The van der Waals surface area contributed by atoms with Gasteiger partial charge in [0.2, 0.25) is 0 Å². The molecule has 89 valence electrons. The highest BCUT2D eigenvalue weighted by molar-refractivity contribution is 5.01. The molecular weight excluding hydrogens is 192 g/mol. The lowest BCUT2D eigenvalue weighted by molar-refractivity contribution is 0.683. The van der Waals surface area contributed by atoms with Crippen LogP contribution in [0.3, 0.4) is 0 Å². The molecule has 0 saturated carbocycles. The summed E-state index contributed by atoms with van der Waals surface area (Å²) in [5.41, 5.74) is 0. The summed E-state index contributed by atoms with van der Waals surface area (Å²) in [6.07, 6.45) is 19.2. The van der Waals surface area contributed by atoms with Gasteiger partial charge in [-0.2, -0.15) is 0 Å². The van der Waals surface area contributed by atoms with Crippen LogP contribution < -0.4 is 0 Å². The Kier molecular flexibility index (Phi) is 13.3. The van der Waals surface area contributed by atoms with Gasteiger partial charge in [0.15, 0.2) is 0 Å². The Hall–Kier alpha value is -0.880. The van der Waals surface area contributed by atoms with Crippen molar-refractivity contribution in [2.45, 2.75) is 71.1 Å². The van der Waals surface area contributed by atoms with Crippen LogP contribution in [0.5, 0.6) is 0 Å². The van der Waals surface area contributed by atoms with E-state index in [4.69, 9.17) is 6.42 Å². The second-order valence-corrected chi connectivity index (χ2v) is 4.11. The van der Waals surface area contributed by atoms with Crippen molar-refractivity contribution in [1.29, 1.82) is 0 Å². The maximum Gasteiger partial charge on any atom is 0.0120 e. The summed E-state index contributed by atoms with van der Waals surface area (Å²) in [7, 11) is 0. The third-order valence-electron chi connectivity index (χ3n) is 2.51. The van der Waals surface area contributed by atoms with Crippen molar-refractivity contribution in [3.8, 4) is 24.2 Å². The van der Waals surface area contributed by atoms with Crippen molar-refractivity contribution in [1.82, 2.24) is 0 Å². The maximum atomic E-state index is 5.18. The van der Waals surface area contributed by atoms with Gasteiger partial charge in [-0.15, -0.1) is 24.2 Å². The van der Waals surface area contributed by atoms with Crippen molar-refractivity contribution >= 4 is 0 Å². The van der Waals surface area contributed by atoms with Gasteiger partial charge in [-0.05, 0) is 25.7 Å². The van der Waals surface area contributed by atoms with E-state index in [1.54, 1.807) is 0 Å². The maximum absolute atomic E-state index is 5.18. The van der Waals surface area contributed by atoms with Crippen LogP contribution in [0.4, 0.5) is 0 Å².